The summed E-state index contributed by atoms with van der Waals surface area (Å²) in [6, 6.07) is 5.20. The van der Waals surface area contributed by atoms with Crippen LogP contribution >= 0.6 is 11.3 Å². The minimum atomic E-state index is 0.416. The molecule has 3 rings (SSSR count). The highest BCUT2D eigenvalue weighted by Gasteiger charge is 2.13. The van der Waals surface area contributed by atoms with Gasteiger partial charge in [0.05, 0.1) is 0 Å². The Labute approximate surface area is 113 Å². The number of hydrogen-bond donors (Lipinski definition) is 2. The Bertz CT molecular complexity index is 712. The molecule has 2 aromatic heterocycles. The normalized spacial score (nSPS) is 10.8. The summed E-state index contributed by atoms with van der Waals surface area (Å²) in [5.74, 6) is 0.995. The largest absolute Gasteiger partial charge is 0.399 e. The fraction of sp³-hybridized carbons (Fsp3) is 0.0769. The van der Waals surface area contributed by atoms with Crippen LogP contribution in [0.1, 0.15) is 5.56 Å². The predicted molar refractivity (Wildman–Crippen MR) is 76.6 cm³/mol. The van der Waals surface area contributed by atoms with Crippen LogP contribution in [-0.4, -0.2) is 10.1 Å². The third kappa shape index (κ3) is 2.17. The summed E-state index contributed by atoms with van der Waals surface area (Å²) in [5.41, 5.74) is 15.5. The summed E-state index contributed by atoms with van der Waals surface area (Å²) in [4.78, 5) is 4.38. The molecule has 96 valence electrons. The van der Waals surface area contributed by atoms with Crippen LogP contribution < -0.4 is 11.5 Å². The van der Waals surface area contributed by atoms with Gasteiger partial charge >= 0.3 is 0 Å². The third-order valence-electron chi connectivity index (χ3n) is 2.75. The number of aromatic nitrogens is 2. The number of nitrogens with two attached hydrogens (primary N) is 2. The van der Waals surface area contributed by atoms with Crippen molar-refractivity contribution in [3.8, 4) is 22.8 Å². The molecule has 0 aliphatic heterocycles. The lowest BCUT2D eigenvalue weighted by atomic mass is 10.1. The second kappa shape index (κ2) is 4.40. The van der Waals surface area contributed by atoms with Gasteiger partial charge in [0.15, 0.2) is 0 Å². The minimum Gasteiger partial charge on any atom is -0.399 e. The molecule has 0 unspecified atom stereocenters. The standard InChI is InChI=1S/C13H12N4OS/c1-7-5-19-6-11(7)12-16-13(18-17-12)8-2-9(14)4-10(15)3-8/h2-6H,14-15H2,1H3. The number of hydrogen-bond acceptors (Lipinski definition) is 6. The number of thiophene rings is 1. The zero-order valence-corrected chi connectivity index (χ0v) is 11.1. The molecule has 5 nitrogen and oxygen atoms in total. The molecular weight excluding hydrogens is 260 g/mol. The molecule has 6 heteroatoms. The Kier molecular flexibility index (Phi) is 2.72. The second-order valence-corrected chi connectivity index (χ2v) is 5.02. The summed E-state index contributed by atoms with van der Waals surface area (Å²) < 4.78 is 5.27. The first-order valence-electron chi connectivity index (χ1n) is 5.67. The van der Waals surface area contributed by atoms with Gasteiger partial charge in [-0.2, -0.15) is 16.3 Å². The molecule has 0 spiro atoms. The number of nitrogen functional groups attached to an aromatic ring is 2. The molecule has 0 bridgehead atoms. The van der Waals surface area contributed by atoms with Gasteiger partial charge in [-0.1, -0.05) is 5.16 Å². The highest BCUT2D eigenvalue weighted by atomic mass is 32.1. The van der Waals surface area contributed by atoms with Gasteiger partial charge in [0.25, 0.3) is 5.89 Å². The molecule has 3 aromatic rings. The highest BCUT2D eigenvalue weighted by Crippen LogP contribution is 2.28. The van der Waals surface area contributed by atoms with Crippen molar-refractivity contribution in [2.75, 3.05) is 11.5 Å². The van der Waals surface area contributed by atoms with Crippen LogP contribution in [0.5, 0.6) is 0 Å². The van der Waals surface area contributed by atoms with Gasteiger partial charge in [0, 0.05) is 27.9 Å². The first-order valence-corrected chi connectivity index (χ1v) is 6.61. The van der Waals surface area contributed by atoms with Gasteiger partial charge < -0.3 is 16.0 Å². The van der Waals surface area contributed by atoms with Gasteiger partial charge in [0.2, 0.25) is 5.82 Å². The van der Waals surface area contributed by atoms with Crippen LogP contribution in [0.4, 0.5) is 11.4 Å². The van der Waals surface area contributed by atoms with E-state index in [0.29, 0.717) is 23.1 Å². The van der Waals surface area contributed by atoms with Crippen LogP contribution in [0.3, 0.4) is 0 Å². The summed E-state index contributed by atoms with van der Waals surface area (Å²) in [5, 5.41) is 8.04. The zero-order valence-electron chi connectivity index (χ0n) is 10.3. The van der Waals surface area contributed by atoms with Crippen molar-refractivity contribution >= 4 is 22.7 Å². The van der Waals surface area contributed by atoms with Crippen molar-refractivity contribution in [1.82, 2.24) is 10.1 Å². The van der Waals surface area contributed by atoms with Crippen molar-refractivity contribution in [2.24, 2.45) is 0 Å². The SMILES string of the molecule is Cc1cscc1-c1noc(-c2cc(N)cc(N)c2)n1. The molecule has 0 amide bonds. The lowest BCUT2D eigenvalue weighted by Crippen LogP contribution is -1.91. The van der Waals surface area contributed by atoms with E-state index in [9.17, 15) is 0 Å². The van der Waals surface area contributed by atoms with E-state index in [-0.39, 0.29) is 0 Å². The van der Waals surface area contributed by atoms with Crippen molar-refractivity contribution in [3.63, 3.8) is 0 Å². The van der Waals surface area contributed by atoms with E-state index >= 15 is 0 Å². The maximum atomic E-state index is 5.75. The minimum absolute atomic E-state index is 0.416. The third-order valence-corrected chi connectivity index (χ3v) is 3.61. The van der Waals surface area contributed by atoms with Crippen LogP contribution in [0.15, 0.2) is 33.5 Å². The summed E-state index contributed by atoms with van der Waals surface area (Å²) >= 11 is 1.61. The lowest BCUT2D eigenvalue weighted by molar-refractivity contribution is 0.432. The van der Waals surface area contributed by atoms with Crippen LogP contribution in [0.2, 0.25) is 0 Å². The summed E-state index contributed by atoms with van der Waals surface area (Å²) in [7, 11) is 0. The van der Waals surface area contributed by atoms with Gasteiger partial charge in [-0.3, -0.25) is 0 Å². The van der Waals surface area contributed by atoms with Crippen LogP contribution in [0, 0.1) is 6.92 Å². The van der Waals surface area contributed by atoms with E-state index in [1.165, 1.54) is 0 Å². The Morgan fingerprint density at radius 2 is 1.84 bits per heavy atom. The quantitative estimate of drug-likeness (QED) is 0.700. The van der Waals surface area contributed by atoms with E-state index < -0.39 is 0 Å². The first-order chi connectivity index (χ1) is 9.13. The fourth-order valence-electron chi connectivity index (χ4n) is 1.84. The Morgan fingerprint density at radius 1 is 1.11 bits per heavy atom. The lowest BCUT2D eigenvalue weighted by Gasteiger charge is -1.99. The van der Waals surface area contributed by atoms with Gasteiger partial charge in [-0.15, -0.1) is 0 Å². The molecule has 2 heterocycles. The Balaban J connectivity index is 2.04. The van der Waals surface area contributed by atoms with E-state index in [4.69, 9.17) is 16.0 Å². The fourth-order valence-corrected chi connectivity index (χ4v) is 2.67. The molecule has 0 saturated heterocycles. The summed E-state index contributed by atoms with van der Waals surface area (Å²) in [6.07, 6.45) is 0. The monoisotopic (exact) mass is 272 g/mol. The van der Waals surface area contributed by atoms with Crippen LogP contribution in [0.25, 0.3) is 22.8 Å². The molecule has 0 saturated carbocycles. The molecule has 0 aliphatic rings. The zero-order chi connectivity index (χ0) is 13.4. The maximum absolute atomic E-state index is 5.75. The van der Waals surface area contributed by atoms with E-state index in [0.717, 1.165) is 16.7 Å². The van der Waals surface area contributed by atoms with Crippen LogP contribution in [-0.2, 0) is 0 Å². The molecule has 0 atom stereocenters. The topological polar surface area (TPSA) is 91.0 Å². The van der Waals surface area contributed by atoms with Gasteiger partial charge in [0.1, 0.15) is 0 Å². The van der Waals surface area contributed by atoms with Crippen molar-refractivity contribution in [1.29, 1.82) is 0 Å². The molecule has 0 radical (unpaired) electrons. The second-order valence-electron chi connectivity index (χ2n) is 4.28. The Hall–Kier alpha value is -2.34. The number of nitrogens with zero attached hydrogens (tertiary/aromatic N) is 2. The van der Waals surface area contributed by atoms with Gasteiger partial charge in [-0.05, 0) is 36.1 Å². The smallest absolute Gasteiger partial charge is 0.258 e. The number of benzene rings is 1. The maximum Gasteiger partial charge on any atom is 0.258 e. The van der Waals surface area contributed by atoms with Crippen molar-refractivity contribution < 1.29 is 4.52 Å². The summed E-state index contributed by atoms with van der Waals surface area (Å²) in [6.45, 7) is 2.01. The number of aryl methyl sites for hydroxylation is 1. The van der Waals surface area contributed by atoms with E-state index in [1.54, 1.807) is 29.5 Å². The number of anilines is 2. The first kappa shape index (κ1) is 11.7. The van der Waals surface area contributed by atoms with E-state index in [2.05, 4.69) is 10.1 Å². The molecule has 0 aliphatic carbocycles. The average Bonchev–Trinajstić information content (AvgIpc) is 2.95. The average molecular weight is 272 g/mol. The van der Waals surface area contributed by atoms with E-state index in [1.807, 2.05) is 17.7 Å². The number of rotatable bonds is 2. The molecule has 4 N–H and O–H groups in total. The van der Waals surface area contributed by atoms with Gasteiger partial charge in [-0.25, -0.2) is 0 Å². The molecule has 19 heavy (non-hydrogen) atoms. The predicted octanol–water partition coefficient (Wildman–Crippen LogP) is 2.94. The van der Waals surface area contributed by atoms with Crippen molar-refractivity contribution in [2.45, 2.75) is 6.92 Å². The highest BCUT2D eigenvalue weighted by molar-refractivity contribution is 7.08. The van der Waals surface area contributed by atoms with Crippen molar-refractivity contribution in [3.05, 3.63) is 34.5 Å². The molecular formula is C13H12N4OS. The molecule has 1 aromatic carbocycles. The molecule has 0 fully saturated rings. The Morgan fingerprint density at radius 3 is 2.47 bits per heavy atom.